The van der Waals surface area contributed by atoms with Crippen molar-refractivity contribution in [1.29, 1.82) is 0 Å². The minimum atomic E-state index is -0.454. The molecule has 114 valence electrons. The molecule has 0 spiro atoms. The number of hydrogen-bond acceptors (Lipinski definition) is 4. The lowest BCUT2D eigenvalue weighted by Crippen LogP contribution is -2.29. The van der Waals surface area contributed by atoms with Gasteiger partial charge in [0, 0.05) is 6.04 Å². The van der Waals surface area contributed by atoms with Gasteiger partial charge in [-0.25, -0.2) is 4.79 Å². The Kier molecular flexibility index (Phi) is 4.50. The molecule has 5 heteroatoms. The molecule has 0 bridgehead atoms. The van der Waals surface area contributed by atoms with Gasteiger partial charge < -0.3 is 14.8 Å². The van der Waals surface area contributed by atoms with E-state index in [1.165, 1.54) is 7.11 Å². The molecule has 1 aliphatic carbocycles. The lowest BCUT2D eigenvalue weighted by Gasteiger charge is -2.08. The SMILES string of the molecule is COC(=O)C[C@H]1[C@@H](NC(=O)OCc2ccccc2)C1(C)C. The van der Waals surface area contributed by atoms with Crippen molar-refractivity contribution >= 4 is 12.1 Å². The first-order chi connectivity index (χ1) is 9.95. The Morgan fingerprint density at radius 3 is 2.52 bits per heavy atom. The van der Waals surface area contributed by atoms with E-state index in [9.17, 15) is 9.59 Å². The first-order valence-electron chi connectivity index (χ1n) is 6.99. The van der Waals surface area contributed by atoms with Gasteiger partial charge in [-0.3, -0.25) is 4.79 Å². The van der Waals surface area contributed by atoms with Crippen molar-refractivity contribution in [3.8, 4) is 0 Å². The zero-order valence-electron chi connectivity index (χ0n) is 12.6. The van der Waals surface area contributed by atoms with Crippen LogP contribution in [0.4, 0.5) is 4.79 Å². The predicted molar refractivity (Wildman–Crippen MR) is 77.5 cm³/mol. The minimum Gasteiger partial charge on any atom is -0.469 e. The summed E-state index contributed by atoms with van der Waals surface area (Å²) in [6.07, 6.45) is -0.142. The minimum absolute atomic E-state index is 0.0557. The monoisotopic (exact) mass is 291 g/mol. The van der Waals surface area contributed by atoms with Gasteiger partial charge in [-0.05, 0) is 16.9 Å². The van der Waals surface area contributed by atoms with Crippen LogP contribution in [0.3, 0.4) is 0 Å². The third-order valence-electron chi connectivity index (χ3n) is 4.15. The smallest absolute Gasteiger partial charge is 0.407 e. The summed E-state index contributed by atoms with van der Waals surface area (Å²) in [4.78, 5) is 23.1. The standard InChI is InChI=1S/C16H21NO4/c1-16(2)12(9-13(18)20-3)14(16)17-15(19)21-10-11-7-5-4-6-8-11/h4-8,12,14H,9-10H2,1-3H3,(H,17,19)/t12-,14+/m0/s1. The molecule has 0 radical (unpaired) electrons. The number of carbonyl (C=O) groups is 2. The van der Waals surface area contributed by atoms with Crippen LogP contribution in [-0.2, 0) is 20.9 Å². The van der Waals surface area contributed by atoms with Crippen LogP contribution in [0, 0.1) is 11.3 Å². The van der Waals surface area contributed by atoms with Crippen molar-refractivity contribution in [3.05, 3.63) is 35.9 Å². The predicted octanol–water partition coefficient (Wildman–Crippen LogP) is 2.50. The molecule has 0 aromatic heterocycles. The quantitative estimate of drug-likeness (QED) is 0.847. The number of benzene rings is 1. The Labute approximate surface area is 124 Å². The molecular formula is C16H21NO4. The summed E-state index contributed by atoms with van der Waals surface area (Å²) in [5.41, 5.74) is 0.828. The normalized spacial score (nSPS) is 22.2. The summed E-state index contributed by atoms with van der Waals surface area (Å²) < 4.78 is 9.86. The number of alkyl carbamates (subject to hydrolysis) is 1. The lowest BCUT2D eigenvalue weighted by molar-refractivity contribution is -0.141. The summed E-state index contributed by atoms with van der Waals surface area (Å²) in [5, 5.41) is 2.82. The van der Waals surface area contributed by atoms with E-state index in [2.05, 4.69) is 10.1 Å². The molecule has 1 aromatic rings. The maximum absolute atomic E-state index is 11.8. The molecular weight excluding hydrogens is 270 g/mol. The van der Waals surface area contributed by atoms with E-state index in [-0.39, 0.29) is 30.0 Å². The van der Waals surface area contributed by atoms with Gasteiger partial charge in [-0.2, -0.15) is 0 Å². The highest BCUT2D eigenvalue weighted by atomic mass is 16.5. The second-order valence-electron chi connectivity index (χ2n) is 5.89. The highest BCUT2D eigenvalue weighted by Crippen LogP contribution is 2.53. The molecule has 1 aromatic carbocycles. The summed E-state index contributed by atoms with van der Waals surface area (Å²) >= 11 is 0. The highest BCUT2D eigenvalue weighted by Gasteiger charge is 2.59. The molecule has 1 fully saturated rings. The largest absolute Gasteiger partial charge is 0.469 e. The van der Waals surface area contributed by atoms with Crippen LogP contribution in [0.15, 0.2) is 30.3 Å². The topological polar surface area (TPSA) is 64.6 Å². The summed E-state index contributed by atoms with van der Waals surface area (Å²) in [6, 6.07) is 9.44. The molecule has 1 saturated carbocycles. The number of carbonyl (C=O) groups excluding carboxylic acids is 2. The van der Waals surface area contributed by atoms with Crippen LogP contribution in [0.5, 0.6) is 0 Å². The van der Waals surface area contributed by atoms with Crippen LogP contribution in [0.25, 0.3) is 0 Å². The summed E-state index contributed by atoms with van der Waals surface area (Å²) in [5.74, 6) is -0.163. The molecule has 5 nitrogen and oxygen atoms in total. The van der Waals surface area contributed by atoms with Crippen LogP contribution < -0.4 is 5.32 Å². The molecule has 2 atom stereocenters. The summed E-state index contributed by atoms with van der Waals surface area (Å²) in [6.45, 7) is 4.27. The molecule has 0 saturated heterocycles. The van der Waals surface area contributed by atoms with Crippen molar-refractivity contribution in [2.45, 2.75) is 32.9 Å². The third kappa shape index (κ3) is 3.74. The van der Waals surface area contributed by atoms with E-state index in [4.69, 9.17) is 4.74 Å². The molecule has 1 aliphatic rings. The maximum atomic E-state index is 11.8. The second kappa shape index (κ2) is 6.16. The number of nitrogens with one attached hydrogen (secondary N) is 1. The van der Waals surface area contributed by atoms with Crippen molar-refractivity contribution < 1.29 is 19.1 Å². The average Bonchev–Trinajstić information content (AvgIpc) is 2.97. The molecule has 0 aliphatic heterocycles. The van der Waals surface area contributed by atoms with Gasteiger partial charge in [0.1, 0.15) is 6.61 Å². The van der Waals surface area contributed by atoms with Crippen molar-refractivity contribution in [2.24, 2.45) is 11.3 Å². The van der Waals surface area contributed by atoms with E-state index in [1.807, 2.05) is 44.2 Å². The van der Waals surface area contributed by atoms with Crippen molar-refractivity contribution in [2.75, 3.05) is 7.11 Å². The van der Waals surface area contributed by atoms with E-state index < -0.39 is 6.09 Å². The molecule has 1 amide bonds. The van der Waals surface area contributed by atoms with Crippen LogP contribution in [0.1, 0.15) is 25.8 Å². The Hall–Kier alpha value is -2.04. The van der Waals surface area contributed by atoms with Crippen LogP contribution in [-0.4, -0.2) is 25.2 Å². The van der Waals surface area contributed by atoms with Gasteiger partial charge in [0.25, 0.3) is 0 Å². The van der Waals surface area contributed by atoms with Gasteiger partial charge in [0.2, 0.25) is 0 Å². The lowest BCUT2D eigenvalue weighted by atomic mass is 10.1. The fourth-order valence-corrected chi connectivity index (χ4v) is 2.57. The number of methoxy groups -OCH3 is 1. The molecule has 0 unspecified atom stereocenters. The van der Waals surface area contributed by atoms with Gasteiger partial charge in [-0.1, -0.05) is 44.2 Å². The fraction of sp³-hybridized carbons (Fsp3) is 0.500. The van der Waals surface area contributed by atoms with E-state index in [1.54, 1.807) is 0 Å². The average molecular weight is 291 g/mol. The number of amides is 1. The number of rotatable bonds is 5. The molecule has 21 heavy (non-hydrogen) atoms. The highest BCUT2D eigenvalue weighted by molar-refractivity contribution is 5.72. The Balaban J connectivity index is 1.79. The Bertz CT molecular complexity index is 512. The first-order valence-corrected chi connectivity index (χ1v) is 6.99. The zero-order valence-corrected chi connectivity index (χ0v) is 12.6. The first kappa shape index (κ1) is 15.4. The van der Waals surface area contributed by atoms with E-state index in [0.29, 0.717) is 6.42 Å². The number of hydrogen-bond donors (Lipinski definition) is 1. The Morgan fingerprint density at radius 1 is 1.24 bits per heavy atom. The van der Waals surface area contributed by atoms with E-state index >= 15 is 0 Å². The third-order valence-corrected chi connectivity index (χ3v) is 4.15. The van der Waals surface area contributed by atoms with Crippen LogP contribution in [0.2, 0.25) is 0 Å². The van der Waals surface area contributed by atoms with Gasteiger partial charge in [-0.15, -0.1) is 0 Å². The van der Waals surface area contributed by atoms with Gasteiger partial charge in [0.15, 0.2) is 0 Å². The fourth-order valence-electron chi connectivity index (χ4n) is 2.57. The van der Waals surface area contributed by atoms with Gasteiger partial charge in [0.05, 0.1) is 13.5 Å². The number of esters is 1. The molecule has 2 rings (SSSR count). The van der Waals surface area contributed by atoms with E-state index in [0.717, 1.165) is 5.56 Å². The van der Waals surface area contributed by atoms with Crippen LogP contribution >= 0.6 is 0 Å². The molecule has 0 heterocycles. The number of ether oxygens (including phenoxy) is 2. The zero-order chi connectivity index (χ0) is 15.5. The summed E-state index contributed by atoms with van der Waals surface area (Å²) in [7, 11) is 1.37. The molecule has 1 N–H and O–H groups in total. The second-order valence-corrected chi connectivity index (χ2v) is 5.89. The van der Waals surface area contributed by atoms with Gasteiger partial charge >= 0.3 is 12.1 Å². The van der Waals surface area contributed by atoms with Crippen molar-refractivity contribution in [3.63, 3.8) is 0 Å². The maximum Gasteiger partial charge on any atom is 0.407 e. The Morgan fingerprint density at radius 2 is 1.90 bits per heavy atom. The van der Waals surface area contributed by atoms with Crippen molar-refractivity contribution in [1.82, 2.24) is 5.32 Å².